The highest BCUT2D eigenvalue weighted by molar-refractivity contribution is 9.10. The van der Waals surface area contributed by atoms with E-state index in [1.165, 1.54) is 12.8 Å². The zero-order valence-electron chi connectivity index (χ0n) is 11.7. The van der Waals surface area contributed by atoms with Crippen molar-refractivity contribution in [2.45, 2.75) is 25.8 Å². The van der Waals surface area contributed by atoms with E-state index in [0.717, 1.165) is 46.9 Å². The monoisotopic (exact) mass is 337 g/mol. The first kappa shape index (κ1) is 14.1. The third kappa shape index (κ3) is 3.62. The summed E-state index contributed by atoms with van der Waals surface area (Å²) in [4.78, 5) is 0. The summed E-state index contributed by atoms with van der Waals surface area (Å²) in [5.41, 5.74) is 0.932. The number of rotatable bonds is 7. The summed E-state index contributed by atoms with van der Waals surface area (Å²) in [6.45, 7) is 4.67. The summed E-state index contributed by atoms with van der Waals surface area (Å²) in [6.07, 6.45) is 2.69. The molecule has 1 aliphatic carbocycles. The van der Waals surface area contributed by atoms with Crippen LogP contribution < -0.4 is 5.32 Å². The Bertz CT molecular complexity index is 577. The number of ether oxygens (including phenoxy) is 1. The van der Waals surface area contributed by atoms with Gasteiger partial charge < -0.3 is 14.5 Å². The van der Waals surface area contributed by atoms with Crippen molar-refractivity contribution >= 4 is 26.9 Å². The Balaban J connectivity index is 1.50. The highest BCUT2D eigenvalue weighted by Gasteiger charge is 2.20. The third-order valence-electron chi connectivity index (χ3n) is 3.67. The maximum atomic E-state index is 5.87. The van der Waals surface area contributed by atoms with Gasteiger partial charge in [-0.05, 0) is 49.9 Å². The van der Waals surface area contributed by atoms with Crippen molar-refractivity contribution < 1.29 is 9.15 Å². The third-order valence-corrected chi connectivity index (χ3v) is 4.16. The second kappa shape index (κ2) is 6.29. The molecule has 2 aromatic rings. The van der Waals surface area contributed by atoms with E-state index >= 15 is 0 Å². The van der Waals surface area contributed by atoms with Crippen LogP contribution in [0.2, 0.25) is 0 Å². The molecule has 0 spiro atoms. The molecule has 1 heterocycles. The van der Waals surface area contributed by atoms with Crippen LogP contribution in [0, 0.1) is 5.92 Å². The molecule has 1 aliphatic rings. The predicted molar refractivity (Wildman–Crippen MR) is 83.9 cm³/mol. The lowest BCUT2D eigenvalue weighted by atomic mass is 10.2. The minimum atomic E-state index is 0.200. The van der Waals surface area contributed by atoms with E-state index in [9.17, 15) is 0 Å². The number of hydrogen-bond acceptors (Lipinski definition) is 3. The molecular formula is C16H20BrNO2. The van der Waals surface area contributed by atoms with Crippen molar-refractivity contribution in [1.82, 2.24) is 5.32 Å². The average molecular weight is 338 g/mol. The van der Waals surface area contributed by atoms with Crippen molar-refractivity contribution in [3.63, 3.8) is 0 Å². The van der Waals surface area contributed by atoms with Crippen molar-refractivity contribution in [3.05, 3.63) is 34.5 Å². The van der Waals surface area contributed by atoms with Crippen LogP contribution in [0.5, 0.6) is 0 Å². The number of fused-ring (bicyclic) bond motifs is 1. The maximum Gasteiger partial charge on any atom is 0.134 e. The second-order valence-corrected chi connectivity index (χ2v) is 6.44. The van der Waals surface area contributed by atoms with Gasteiger partial charge >= 0.3 is 0 Å². The number of nitrogens with one attached hydrogen (secondary N) is 1. The Kier molecular flexibility index (Phi) is 4.44. The van der Waals surface area contributed by atoms with Crippen LogP contribution in [0.1, 0.15) is 31.6 Å². The molecule has 1 fully saturated rings. The lowest BCUT2D eigenvalue weighted by Gasteiger charge is -2.11. The van der Waals surface area contributed by atoms with Crippen LogP contribution in [0.4, 0.5) is 0 Å². The van der Waals surface area contributed by atoms with Crippen molar-refractivity contribution in [2.75, 3.05) is 19.8 Å². The minimum absolute atomic E-state index is 0.200. The molecule has 1 unspecified atom stereocenters. The van der Waals surface area contributed by atoms with Gasteiger partial charge in [0.15, 0.2) is 0 Å². The molecule has 1 aromatic carbocycles. The first-order chi connectivity index (χ1) is 9.72. The lowest BCUT2D eigenvalue weighted by molar-refractivity contribution is 0.124. The fraction of sp³-hybridized carbons (Fsp3) is 0.500. The second-order valence-electron chi connectivity index (χ2n) is 5.53. The minimum Gasteiger partial charge on any atom is -0.459 e. The van der Waals surface area contributed by atoms with Gasteiger partial charge in [0.25, 0.3) is 0 Å². The van der Waals surface area contributed by atoms with E-state index in [0.29, 0.717) is 0 Å². The van der Waals surface area contributed by atoms with Gasteiger partial charge in [0.2, 0.25) is 0 Å². The molecule has 4 heteroatoms. The van der Waals surface area contributed by atoms with Crippen LogP contribution in [0.3, 0.4) is 0 Å². The van der Waals surface area contributed by atoms with Gasteiger partial charge in [-0.15, -0.1) is 0 Å². The fourth-order valence-electron chi connectivity index (χ4n) is 2.23. The van der Waals surface area contributed by atoms with Crippen LogP contribution in [-0.4, -0.2) is 19.8 Å². The van der Waals surface area contributed by atoms with Crippen LogP contribution in [-0.2, 0) is 4.74 Å². The van der Waals surface area contributed by atoms with Gasteiger partial charge in [0.05, 0.1) is 12.6 Å². The number of hydrogen-bond donors (Lipinski definition) is 1. The molecule has 3 rings (SSSR count). The van der Waals surface area contributed by atoms with Crippen molar-refractivity contribution in [2.24, 2.45) is 5.92 Å². The molecule has 20 heavy (non-hydrogen) atoms. The average Bonchev–Trinajstić information content (AvgIpc) is 3.15. The van der Waals surface area contributed by atoms with Crippen LogP contribution >= 0.6 is 15.9 Å². The number of furan rings is 1. The van der Waals surface area contributed by atoms with Crippen molar-refractivity contribution in [1.29, 1.82) is 0 Å². The molecule has 0 amide bonds. The highest BCUT2D eigenvalue weighted by Crippen LogP contribution is 2.29. The molecule has 1 aromatic heterocycles. The Morgan fingerprint density at radius 3 is 3.05 bits per heavy atom. The van der Waals surface area contributed by atoms with E-state index in [-0.39, 0.29) is 6.04 Å². The predicted octanol–water partition coefficient (Wildman–Crippen LogP) is 4.27. The number of halogens is 1. The SMILES string of the molecule is CC(NCCOCC1CC1)c1cc2cc(Br)ccc2o1. The summed E-state index contributed by atoms with van der Waals surface area (Å²) in [6, 6.07) is 8.37. The van der Waals surface area contributed by atoms with Gasteiger partial charge in [0, 0.05) is 23.0 Å². The normalized spacial score (nSPS) is 16.7. The standard InChI is InChI=1S/C16H20BrNO2/c1-11(18-6-7-19-10-12-2-3-12)16-9-13-8-14(17)4-5-15(13)20-16/h4-5,8-9,11-12,18H,2-3,6-7,10H2,1H3. The molecule has 3 nitrogen and oxygen atoms in total. The largest absolute Gasteiger partial charge is 0.459 e. The molecule has 0 bridgehead atoms. The van der Waals surface area contributed by atoms with Crippen LogP contribution in [0.25, 0.3) is 11.0 Å². The van der Waals surface area contributed by atoms with Gasteiger partial charge in [-0.25, -0.2) is 0 Å². The number of benzene rings is 1. The van der Waals surface area contributed by atoms with Gasteiger partial charge in [-0.2, -0.15) is 0 Å². The highest BCUT2D eigenvalue weighted by atomic mass is 79.9. The Labute approximate surface area is 127 Å². The molecule has 0 aliphatic heterocycles. The van der Waals surface area contributed by atoms with E-state index in [2.05, 4.69) is 40.3 Å². The fourth-order valence-corrected chi connectivity index (χ4v) is 2.61. The topological polar surface area (TPSA) is 34.4 Å². The molecule has 0 radical (unpaired) electrons. The molecule has 1 saturated carbocycles. The molecular weight excluding hydrogens is 318 g/mol. The van der Waals surface area contributed by atoms with Crippen molar-refractivity contribution in [3.8, 4) is 0 Å². The van der Waals surface area contributed by atoms with Crippen LogP contribution in [0.15, 0.2) is 33.2 Å². The first-order valence-corrected chi connectivity index (χ1v) is 8.02. The Morgan fingerprint density at radius 2 is 2.25 bits per heavy atom. The summed E-state index contributed by atoms with van der Waals surface area (Å²) >= 11 is 3.48. The molecule has 108 valence electrons. The van der Waals surface area contributed by atoms with E-state index in [4.69, 9.17) is 9.15 Å². The zero-order valence-corrected chi connectivity index (χ0v) is 13.3. The van der Waals surface area contributed by atoms with Gasteiger partial charge in [-0.1, -0.05) is 15.9 Å². The Morgan fingerprint density at radius 1 is 1.40 bits per heavy atom. The lowest BCUT2D eigenvalue weighted by Crippen LogP contribution is -2.23. The maximum absolute atomic E-state index is 5.87. The molecule has 1 atom stereocenters. The summed E-state index contributed by atoms with van der Waals surface area (Å²) < 4.78 is 12.6. The van der Waals surface area contributed by atoms with Gasteiger partial charge in [-0.3, -0.25) is 0 Å². The Hall–Kier alpha value is -0.840. The smallest absolute Gasteiger partial charge is 0.134 e. The quantitative estimate of drug-likeness (QED) is 0.766. The van der Waals surface area contributed by atoms with E-state index < -0.39 is 0 Å². The van der Waals surface area contributed by atoms with Gasteiger partial charge in [0.1, 0.15) is 11.3 Å². The summed E-state index contributed by atoms with van der Waals surface area (Å²) in [7, 11) is 0. The molecule has 0 saturated heterocycles. The molecule has 1 N–H and O–H groups in total. The zero-order chi connectivity index (χ0) is 13.9. The summed E-state index contributed by atoms with van der Waals surface area (Å²) in [5.74, 6) is 1.81. The summed E-state index contributed by atoms with van der Waals surface area (Å²) in [5, 5.41) is 4.57. The van der Waals surface area contributed by atoms with E-state index in [1.807, 2.05) is 12.1 Å². The van der Waals surface area contributed by atoms with E-state index in [1.54, 1.807) is 0 Å². The first-order valence-electron chi connectivity index (χ1n) is 7.22.